The van der Waals surface area contributed by atoms with Crippen LogP contribution >= 0.6 is 7.82 Å². The molecule has 0 spiro atoms. The predicted octanol–water partition coefficient (Wildman–Crippen LogP) is 4.57. The van der Waals surface area contributed by atoms with E-state index in [4.69, 9.17) is 18.3 Å². The molecule has 0 N–H and O–H groups in total. The van der Waals surface area contributed by atoms with E-state index in [1.54, 1.807) is 13.8 Å². The van der Waals surface area contributed by atoms with Gasteiger partial charge >= 0.3 is 7.82 Å². The summed E-state index contributed by atoms with van der Waals surface area (Å²) in [5, 5.41) is 0. The van der Waals surface area contributed by atoms with E-state index in [9.17, 15) is 4.57 Å². The number of hydrogen-bond acceptors (Lipinski definition) is 5. The highest BCUT2D eigenvalue weighted by Gasteiger charge is 2.24. The van der Waals surface area contributed by atoms with Crippen molar-refractivity contribution < 1.29 is 22.9 Å². The van der Waals surface area contributed by atoms with Gasteiger partial charge in [0.15, 0.2) is 0 Å². The molecule has 22 heavy (non-hydrogen) atoms. The lowest BCUT2D eigenvalue weighted by molar-refractivity contribution is 0.109. The largest absolute Gasteiger partial charge is 0.474 e. The fourth-order valence-corrected chi connectivity index (χ4v) is 3.06. The van der Waals surface area contributed by atoms with Gasteiger partial charge in [-0.3, -0.25) is 13.6 Å². The molecule has 1 aromatic carbocycles. The lowest BCUT2D eigenvalue weighted by atomic mass is 10.2. The summed E-state index contributed by atoms with van der Waals surface area (Å²) in [5.74, 6) is 0. The molecule has 126 valence electrons. The SMILES string of the molecule is CCOP(=O)(OCC)OCCCCCOCc1ccccc1. The van der Waals surface area contributed by atoms with Crippen LogP contribution in [0, 0.1) is 0 Å². The summed E-state index contributed by atoms with van der Waals surface area (Å²) < 4.78 is 33.0. The average molecular weight is 330 g/mol. The number of phosphoric acid groups is 1. The molecule has 0 amide bonds. The zero-order chi connectivity index (χ0) is 16.1. The second-order valence-corrected chi connectivity index (χ2v) is 6.38. The van der Waals surface area contributed by atoms with Gasteiger partial charge in [0.2, 0.25) is 0 Å². The molecule has 1 aromatic rings. The van der Waals surface area contributed by atoms with Crippen molar-refractivity contribution >= 4 is 7.82 Å². The second-order valence-electron chi connectivity index (χ2n) is 4.71. The molecule has 0 bridgehead atoms. The van der Waals surface area contributed by atoms with Crippen molar-refractivity contribution in [2.45, 2.75) is 39.7 Å². The number of phosphoric ester groups is 1. The number of rotatable bonds is 13. The molecule has 0 saturated carbocycles. The molecule has 0 fully saturated rings. The van der Waals surface area contributed by atoms with E-state index in [2.05, 4.69) is 0 Å². The van der Waals surface area contributed by atoms with Gasteiger partial charge in [0, 0.05) is 6.61 Å². The Morgan fingerprint density at radius 1 is 0.864 bits per heavy atom. The molecular weight excluding hydrogens is 303 g/mol. The summed E-state index contributed by atoms with van der Waals surface area (Å²) in [6.07, 6.45) is 2.70. The molecular formula is C16H27O5P. The molecule has 0 aliphatic rings. The van der Waals surface area contributed by atoms with E-state index < -0.39 is 7.82 Å². The van der Waals surface area contributed by atoms with Crippen molar-refractivity contribution in [1.82, 2.24) is 0 Å². The van der Waals surface area contributed by atoms with Crippen LogP contribution in [0.25, 0.3) is 0 Å². The molecule has 0 aliphatic heterocycles. The monoisotopic (exact) mass is 330 g/mol. The van der Waals surface area contributed by atoms with Crippen molar-refractivity contribution in [3.63, 3.8) is 0 Å². The standard InChI is InChI=1S/C16H27O5P/c1-3-19-22(17,20-4-2)21-14-10-6-9-13-18-15-16-11-7-5-8-12-16/h5,7-8,11-12H,3-4,6,9-10,13-15H2,1-2H3. The molecule has 0 saturated heterocycles. The van der Waals surface area contributed by atoms with E-state index in [1.165, 1.54) is 5.56 Å². The van der Waals surface area contributed by atoms with Gasteiger partial charge in [-0.1, -0.05) is 30.3 Å². The Hall–Kier alpha value is -0.710. The first-order valence-electron chi connectivity index (χ1n) is 7.85. The van der Waals surface area contributed by atoms with Crippen LogP contribution in [0.1, 0.15) is 38.7 Å². The minimum atomic E-state index is -3.35. The van der Waals surface area contributed by atoms with Crippen molar-refractivity contribution in [3.05, 3.63) is 35.9 Å². The number of benzene rings is 1. The molecule has 5 nitrogen and oxygen atoms in total. The maximum absolute atomic E-state index is 12.0. The van der Waals surface area contributed by atoms with Crippen LogP contribution in [0.3, 0.4) is 0 Å². The number of unbranched alkanes of at least 4 members (excludes halogenated alkanes) is 2. The average Bonchev–Trinajstić information content (AvgIpc) is 2.51. The van der Waals surface area contributed by atoms with Crippen LogP contribution in [0.2, 0.25) is 0 Å². The number of hydrogen-bond donors (Lipinski definition) is 0. The quantitative estimate of drug-likeness (QED) is 0.392. The molecule has 0 radical (unpaired) electrons. The topological polar surface area (TPSA) is 54.0 Å². The third-order valence-corrected chi connectivity index (χ3v) is 4.52. The van der Waals surface area contributed by atoms with Gasteiger partial charge in [0.25, 0.3) is 0 Å². The van der Waals surface area contributed by atoms with Gasteiger partial charge < -0.3 is 4.74 Å². The summed E-state index contributed by atoms with van der Waals surface area (Å²) in [6, 6.07) is 10.1. The van der Waals surface area contributed by atoms with Crippen LogP contribution in [0.5, 0.6) is 0 Å². The van der Waals surface area contributed by atoms with E-state index in [1.807, 2.05) is 30.3 Å². The Bertz CT molecular complexity index is 414. The van der Waals surface area contributed by atoms with Crippen LogP contribution < -0.4 is 0 Å². The Morgan fingerprint density at radius 3 is 2.14 bits per heavy atom. The van der Waals surface area contributed by atoms with Gasteiger partial charge in [-0.2, -0.15) is 0 Å². The fourth-order valence-electron chi connectivity index (χ4n) is 1.85. The molecule has 0 heterocycles. The first-order valence-corrected chi connectivity index (χ1v) is 9.31. The van der Waals surface area contributed by atoms with Gasteiger partial charge in [-0.25, -0.2) is 4.57 Å². The summed E-state index contributed by atoms with van der Waals surface area (Å²) in [6.45, 7) is 5.87. The van der Waals surface area contributed by atoms with E-state index in [0.717, 1.165) is 19.3 Å². The summed E-state index contributed by atoms with van der Waals surface area (Å²) >= 11 is 0. The molecule has 0 atom stereocenters. The van der Waals surface area contributed by atoms with Crippen LogP contribution in [0.4, 0.5) is 0 Å². The zero-order valence-electron chi connectivity index (χ0n) is 13.5. The third kappa shape index (κ3) is 8.66. The summed E-state index contributed by atoms with van der Waals surface area (Å²) in [5.41, 5.74) is 1.18. The normalized spacial score (nSPS) is 11.7. The van der Waals surface area contributed by atoms with Gasteiger partial charge in [0.05, 0.1) is 26.4 Å². The zero-order valence-corrected chi connectivity index (χ0v) is 14.4. The molecule has 1 rings (SSSR count). The summed E-state index contributed by atoms with van der Waals surface area (Å²) in [7, 11) is -3.35. The first-order chi connectivity index (χ1) is 10.7. The van der Waals surface area contributed by atoms with Crippen LogP contribution in [0.15, 0.2) is 30.3 Å². The minimum Gasteiger partial charge on any atom is -0.377 e. The van der Waals surface area contributed by atoms with Crippen LogP contribution in [-0.4, -0.2) is 26.4 Å². The maximum atomic E-state index is 12.0. The van der Waals surface area contributed by atoms with E-state index >= 15 is 0 Å². The molecule has 0 aromatic heterocycles. The van der Waals surface area contributed by atoms with Crippen LogP contribution in [-0.2, 0) is 29.5 Å². The fraction of sp³-hybridized carbons (Fsp3) is 0.625. The Balaban J connectivity index is 2.02. The first kappa shape index (κ1) is 19.3. The van der Waals surface area contributed by atoms with Gasteiger partial charge in [-0.15, -0.1) is 0 Å². The Morgan fingerprint density at radius 2 is 1.50 bits per heavy atom. The molecule has 0 unspecified atom stereocenters. The van der Waals surface area contributed by atoms with Crippen molar-refractivity contribution in [2.75, 3.05) is 26.4 Å². The highest BCUT2D eigenvalue weighted by Crippen LogP contribution is 2.49. The third-order valence-electron chi connectivity index (χ3n) is 2.87. The maximum Gasteiger partial charge on any atom is 0.474 e. The molecule has 6 heteroatoms. The van der Waals surface area contributed by atoms with Gasteiger partial charge in [-0.05, 0) is 38.7 Å². The minimum absolute atomic E-state index is 0.310. The number of ether oxygens (including phenoxy) is 1. The smallest absolute Gasteiger partial charge is 0.377 e. The lowest BCUT2D eigenvalue weighted by Gasteiger charge is -2.16. The van der Waals surface area contributed by atoms with Crippen molar-refractivity contribution in [2.24, 2.45) is 0 Å². The highest BCUT2D eigenvalue weighted by atomic mass is 31.2. The summed E-state index contributed by atoms with van der Waals surface area (Å²) in [4.78, 5) is 0. The van der Waals surface area contributed by atoms with Gasteiger partial charge in [0.1, 0.15) is 0 Å². The van der Waals surface area contributed by atoms with E-state index in [-0.39, 0.29) is 0 Å². The Kier molecular flexibility index (Phi) is 10.4. The lowest BCUT2D eigenvalue weighted by Crippen LogP contribution is -2.02. The predicted molar refractivity (Wildman–Crippen MR) is 86.8 cm³/mol. The Labute approximate surface area is 133 Å². The van der Waals surface area contributed by atoms with Crippen molar-refractivity contribution in [3.8, 4) is 0 Å². The van der Waals surface area contributed by atoms with Crippen molar-refractivity contribution in [1.29, 1.82) is 0 Å². The van der Waals surface area contributed by atoms with E-state index in [0.29, 0.717) is 33.0 Å². The highest BCUT2D eigenvalue weighted by molar-refractivity contribution is 7.48. The molecule has 0 aliphatic carbocycles. The second kappa shape index (κ2) is 11.8.